The Morgan fingerprint density at radius 2 is 1.88 bits per heavy atom. The van der Waals surface area contributed by atoms with Crippen molar-refractivity contribution in [1.29, 1.82) is 0 Å². The summed E-state index contributed by atoms with van der Waals surface area (Å²) in [5.74, 6) is 1.82. The fourth-order valence-corrected chi connectivity index (χ4v) is 2.98. The van der Waals surface area contributed by atoms with Crippen molar-refractivity contribution in [2.75, 3.05) is 20.8 Å². The molecule has 0 radical (unpaired) electrons. The number of halogens is 3. The molecule has 0 fully saturated rings. The molecule has 3 N–H and O–H groups in total. The van der Waals surface area contributed by atoms with E-state index >= 15 is 0 Å². The fourth-order valence-electron chi connectivity index (χ4n) is 2.25. The van der Waals surface area contributed by atoms with Gasteiger partial charge in [-0.1, -0.05) is 39.7 Å². The van der Waals surface area contributed by atoms with Crippen LogP contribution in [-0.4, -0.2) is 26.7 Å². The van der Waals surface area contributed by atoms with Crippen molar-refractivity contribution >= 4 is 57.5 Å². The maximum Gasteiger partial charge on any atom is 0.188 e. The maximum absolute atomic E-state index is 6.17. The summed E-state index contributed by atoms with van der Waals surface area (Å²) in [6.45, 7) is 1.10. The van der Waals surface area contributed by atoms with E-state index in [0.29, 0.717) is 35.6 Å². The number of aliphatic imine (C=N–C) groups is 1. The van der Waals surface area contributed by atoms with Gasteiger partial charge in [-0.15, -0.1) is 24.0 Å². The lowest BCUT2D eigenvalue weighted by Crippen LogP contribution is -2.33. The Kier molecular flexibility index (Phi) is 10.1. The molecule has 0 spiro atoms. The molecule has 0 aliphatic carbocycles. The van der Waals surface area contributed by atoms with Crippen molar-refractivity contribution in [2.24, 2.45) is 10.7 Å². The van der Waals surface area contributed by atoms with E-state index in [1.807, 2.05) is 36.4 Å². The molecule has 2 rings (SSSR count). The largest absolute Gasteiger partial charge is 0.493 e. The zero-order valence-electron chi connectivity index (χ0n) is 14.6. The van der Waals surface area contributed by atoms with Crippen molar-refractivity contribution in [2.45, 2.75) is 13.0 Å². The number of hydrogen-bond donors (Lipinski definition) is 2. The van der Waals surface area contributed by atoms with Gasteiger partial charge in [0.2, 0.25) is 0 Å². The average molecular weight is 555 g/mol. The van der Waals surface area contributed by atoms with Gasteiger partial charge in [0.15, 0.2) is 17.5 Å². The molecule has 0 amide bonds. The minimum Gasteiger partial charge on any atom is -0.493 e. The Morgan fingerprint density at radius 3 is 2.54 bits per heavy atom. The highest BCUT2D eigenvalue weighted by Crippen LogP contribution is 2.27. The Morgan fingerprint density at radius 1 is 1.15 bits per heavy atom. The number of guanidine groups is 1. The van der Waals surface area contributed by atoms with E-state index in [4.69, 9.17) is 26.8 Å². The molecule has 0 aliphatic heterocycles. The molecule has 26 heavy (non-hydrogen) atoms. The van der Waals surface area contributed by atoms with E-state index in [-0.39, 0.29) is 24.0 Å². The fraction of sp³-hybridized carbons (Fsp3) is 0.278. The first-order valence-corrected chi connectivity index (χ1v) is 8.89. The second-order valence-corrected chi connectivity index (χ2v) is 6.63. The first-order valence-electron chi connectivity index (χ1n) is 7.72. The second kappa shape index (κ2) is 11.5. The number of hydrogen-bond acceptors (Lipinski definition) is 3. The molecular weight excluding hydrogens is 532 g/mol. The predicted octanol–water partition coefficient (Wildman–Crippen LogP) is 4.38. The van der Waals surface area contributed by atoms with Crippen LogP contribution in [0.3, 0.4) is 0 Å². The Labute approximate surface area is 184 Å². The van der Waals surface area contributed by atoms with E-state index in [1.54, 1.807) is 14.2 Å². The molecule has 0 saturated heterocycles. The highest BCUT2D eigenvalue weighted by atomic mass is 127. The molecule has 8 heteroatoms. The number of nitrogens with one attached hydrogen (secondary N) is 1. The van der Waals surface area contributed by atoms with Gasteiger partial charge in [0.05, 0.1) is 20.8 Å². The van der Waals surface area contributed by atoms with Gasteiger partial charge in [0.1, 0.15) is 0 Å². The van der Waals surface area contributed by atoms with Gasteiger partial charge in [-0.3, -0.25) is 0 Å². The third kappa shape index (κ3) is 6.85. The van der Waals surface area contributed by atoms with Gasteiger partial charge in [0, 0.05) is 16.0 Å². The summed E-state index contributed by atoms with van der Waals surface area (Å²) >= 11 is 9.55. The van der Waals surface area contributed by atoms with Crippen LogP contribution in [0.1, 0.15) is 11.1 Å². The molecular formula is C18H22BrClIN3O2. The number of methoxy groups -OCH3 is 2. The zero-order chi connectivity index (χ0) is 18.2. The van der Waals surface area contributed by atoms with Crippen LogP contribution in [0.2, 0.25) is 5.02 Å². The number of benzene rings is 2. The van der Waals surface area contributed by atoms with Crippen LogP contribution in [0, 0.1) is 0 Å². The third-order valence-corrected chi connectivity index (χ3v) is 4.45. The van der Waals surface area contributed by atoms with Gasteiger partial charge < -0.3 is 20.5 Å². The third-order valence-electron chi connectivity index (χ3n) is 3.60. The Balaban J connectivity index is 0.00000338. The smallest absolute Gasteiger partial charge is 0.188 e. The minimum absolute atomic E-state index is 0. The summed E-state index contributed by atoms with van der Waals surface area (Å²) in [7, 11) is 3.24. The summed E-state index contributed by atoms with van der Waals surface area (Å²) in [4.78, 5) is 4.32. The molecule has 0 saturated carbocycles. The van der Waals surface area contributed by atoms with Crippen molar-refractivity contribution in [3.63, 3.8) is 0 Å². The molecule has 5 nitrogen and oxygen atoms in total. The van der Waals surface area contributed by atoms with E-state index in [0.717, 1.165) is 22.0 Å². The van der Waals surface area contributed by atoms with Gasteiger partial charge in [-0.25, -0.2) is 4.99 Å². The molecule has 2 aromatic carbocycles. The standard InChI is InChI=1S/C18H21BrClN3O2.HI/c1-24-16-6-3-12(9-17(16)25-2)7-8-22-18(21)23-11-13-4-5-14(19)10-15(13)20;/h3-6,9-10H,7-8,11H2,1-2H3,(H3,21,22,23);1H. The van der Waals surface area contributed by atoms with E-state index in [2.05, 4.69) is 26.2 Å². The Bertz CT molecular complexity index is 759. The lowest BCUT2D eigenvalue weighted by Gasteiger charge is -2.10. The van der Waals surface area contributed by atoms with Crippen LogP contribution in [0.25, 0.3) is 0 Å². The Hall–Kier alpha value is -1.19. The molecule has 0 heterocycles. The lowest BCUT2D eigenvalue weighted by molar-refractivity contribution is 0.354. The number of rotatable bonds is 7. The van der Waals surface area contributed by atoms with Crippen molar-refractivity contribution < 1.29 is 9.47 Å². The first-order chi connectivity index (χ1) is 12.0. The molecule has 0 unspecified atom stereocenters. The SMILES string of the molecule is COc1ccc(CCNC(N)=NCc2ccc(Br)cc2Cl)cc1OC.I. The van der Waals surface area contributed by atoms with E-state index in [9.17, 15) is 0 Å². The summed E-state index contributed by atoms with van der Waals surface area (Å²) in [5, 5.41) is 3.76. The zero-order valence-corrected chi connectivity index (χ0v) is 19.3. The maximum atomic E-state index is 6.17. The second-order valence-electron chi connectivity index (χ2n) is 5.30. The van der Waals surface area contributed by atoms with E-state index in [1.165, 1.54) is 0 Å². The quantitative estimate of drug-likeness (QED) is 0.303. The molecule has 0 atom stereocenters. The van der Waals surface area contributed by atoms with Gasteiger partial charge in [-0.05, 0) is 41.8 Å². The van der Waals surface area contributed by atoms with Gasteiger partial charge >= 0.3 is 0 Å². The summed E-state index contributed by atoms with van der Waals surface area (Å²) in [5.41, 5.74) is 7.95. The van der Waals surface area contributed by atoms with Crippen LogP contribution in [-0.2, 0) is 13.0 Å². The molecule has 142 valence electrons. The van der Waals surface area contributed by atoms with Crippen LogP contribution in [0.15, 0.2) is 45.9 Å². The first kappa shape index (κ1) is 22.9. The summed E-state index contributed by atoms with van der Waals surface area (Å²) in [6.07, 6.45) is 0.787. The summed E-state index contributed by atoms with van der Waals surface area (Å²) < 4.78 is 11.5. The minimum atomic E-state index is 0. The normalized spacial score (nSPS) is 10.8. The van der Waals surface area contributed by atoms with Crippen LogP contribution < -0.4 is 20.5 Å². The molecule has 0 aliphatic rings. The molecule has 2 aromatic rings. The molecule has 0 aromatic heterocycles. The van der Waals surface area contributed by atoms with Crippen molar-refractivity contribution in [3.8, 4) is 11.5 Å². The monoisotopic (exact) mass is 553 g/mol. The molecule has 0 bridgehead atoms. The van der Waals surface area contributed by atoms with E-state index < -0.39 is 0 Å². The lowest BCUT2D eigenvalue weighted by atomic mass is 10.1. The topological polar surface area (TPSA) is 68.9 Å². The van der Waals surface area contributed by atoms with Crippen LogP contribution in [0.5, 0.6) is 11.5 Å². The average Bonchev–Trinajstić information content (AvgIpc) is 2.60. The highest BCUT2D eigenvalue weighted by molar-refractivity contribution is 14.0. The number of nitrogens with two attached hydrogens (primary N) is 1. The number of nitrogens with zero attached hydrogens (tertiary/aromatic N) is 1. The van der Waals surface area contributed by atoms with Crippen molar-refractivity contribution in [1.82, 2.24) is 5.32 Å². The van der Waals surface area contributed by atoms with Crippen molar-refractivity contribution in [3.05, 3.63) is 57.0 Å². The number of ether oxygens (including phenoxy) is 2. The van der Waals surface area contributed by atoms with Crippen LogP contribution >= 0.6 is 51.5 Å². The van der Waals surface area contributed by atoms with Gasteiger partial charge in [0.25, 0.3) is 0 Å². The van der Waals surface area contributed by atoms with Crippen LogP contribution in [0.4, 0.5) is 0 Å². The summed E-state index contributed by atoms with van der Waals surface area (Å²) in [6, 6.07) is 11.5. The van der Waals surface area contributed by atoms with Gasteiger partial charge in [-0.2, -0.15) is 0 Å². The predicted molar refractivity (Wildman–Crippen MR) is 121 cm³/mol. The highest BCUT2D eigenvalue weighted by Gasteiger charge is 2.05.